The van der Waals surface area contributed by atoms with Gasteiger partial charge in [0.25, 0.3) is 5.91 Å². The Morgan fingerprint density at radius 1 is 1.06 bits per heavy atom. The van der Waals surface area contributed by atoms with E-state index in [1.165, 1.54) is 11.4 Å². The molecule has 1 saturated heterocycles. The Kier molecular flexibility index (Phi) is 7.50. The minimum atomic E-state index is -3.33. The van der Waals surface area contributed by atoms with Crippen molar-refractivity contribution >= 4 is 27.3 Å². The van der Waals surface area contributed by atoms with E-state index in [9.17, 15) is 13.2 Å². The van der Waals surface area contributed by atoms with Gasteiger partial charge in [-0.05, 0) is 42.8 Å². The monoisotopic (exact) mass is 461 g/mol. The van der Waals surface area contributed by atoms with Crippen molar-refractivity contribution in [3.05, 3.63) is 48.5 Å². The normalized spacial score (nSPS) is 15.2. The molecule has 0 radical (unpaired) electrons. The van der Waals surface area contributed by atoms with Crippen molar-refractivity contribution in [2.24, 2.45) is 0 Å². The Labute approximate surface area is 190 Å². The quantitative estimate of drug-likeness (QED) is 0.601. The van der Waals surface area contributed by atoms with E-state index in [0.29, 0.717) is 30.9 Å². The van der Waals surface area contributed by atoms with E-state index in [1.807, 2.05) is 36.1 Å². The van der Waals surface area contributed by atoms with Crippen LogP contribution in [0.5, 0.6) is 11.5 Å². The van der Waals surface area contributed by atoms with Gasteiger partial charge < -0.3 is 19.3 Å². The summed E-state index contributed by atoms with van der Waals surface area (Å²) in [5.41, 5.74) is 1.57. The fourth-order valence-electron chi connectivity index (χ4n) is 3.66. The number of anilines is 2. The van der Waals surface area contributed by atoms with Crippen molar-refractivity contribution in [2.75, 3.05) is 55.8 Å². The number of carbonyl (C=O) groups excluding carboxylic acids is 1. The number of amides is 1. The summed E-state index contributed by atoms with van der Waals surface area (Å²) in [5, 5.41) is 0. The molecule has 1 amide bonds. The number of sulfonamides is 1. The number of methoxy groups -OCH3 is 1. The Balaban J connectivity index is 1.61. The molecular formula is C23H31N3O5S. The zero-order chi connectivity index (χ0) is 23.3. The van der Waals surface area contributed by atoms with Crippen molar-refractivity contribution in [1.29, 1.82) is 0 Å². The number of hydrogen-bond donors (Lipinski definition) is 0. The molecule has 1 unspecified atom stereocenters. The van der Waals surface area contributed by atoms with Crippen LogP contribution in [0.25, 0.3) is 0 Å². The molecule has 0 aromatic heterocycles. The molecule has 3 rings (SSSR count). The van der Waals surface area contributed by atoms with Gasteiger partial charge in [-0.1, -0.05) is 19.1 Å². The molecule has 174 valence electrons. The molecule has 0 saturated carbocycles. The molecule has 0 N–H and O–H groups in total. The summed E-state index contributed by atoms with van der Waals surface area (Å²) in [4.78, 5) is 17.1. The van der Waals surface area contributed by atoms with Crippen LogP contribution < -0.4 is 18.7 Å². The highest BCUT2D eigenvalue weighted by Crippen LogP contribution is 2.28. The fraction of sp³-hybridized carbons (Fsp3) is 0.435. The highest BCUT2D eigenvalue weighted by molar-refractivity contribution is 7.92. The molecule has 9 heteroatoms. The topological polar surface area (TPSA) is 79.4 Å². The maximum atomic E-state index is 13.1. The first kappa shape index (κ1) is 23.7. The van der Waals surface area contributed by atoms with Crippen LogP contribution in [0.4, 0.5) is 11.4 Å². The minimum Gasteiger partial charge on any atom is -0.495 e. The zero-order valence-electron chi connectivity index (χ0n) is 19.0. The zero-order valence-corrected chi connectivity index (χ0v) is 19.8. The first-order chi connectivity index (χ1) is 15.2. The number of nitrogens with zero attached hydrogens (tertiary/aromatic N) is 3. The number of piperazine rings is 1. The number of ether oxygens (including phenoxy) is 2. The molecule has 1 fully saturated rings. The lowest BCUT2D eigenvalue weighted by atomic mass is 10.2. The third-order valence-corrected chi connectivity index (χ3v) is 6.85. The average Bonchev–Trinajstić information content (AvgIpc) is 2.81. The molecule has 8 nitrogen and oxygen atoms in total. The van der Waals surface area contributed by atoms with E-state index in [2.05, 4.69) is 4.90 Å². The van der Waals surface area contributed by atoms with Gasteiger partial charge in [-0.2, -0.15) is 0 Å². The Hall–Kier alpha value is -2.94. The molecule has 0 aliphatic carbocycles. The highest BCUT2D eigenvalue weighted by atomic mass is 32.2. The second-order valence-electron chi connectivity index (χ2n) is 7.72. The van der Waals surface area contributed by atoms with E-state index in [-0.39, 0.29) is 5.91 Å². The van der Waals surface area contributed by atoms with Gasteiger partial charge in [0.1, 0.15) is 11.5 Å². The molecule has 2 aromatic rings. The van der Waals surface area contributed by atoms with Crippen molar-refractivity contribution in [3.8, 4) is 11.5 Å². The number of para-hydroxylation sites is 2. The van der Waals surface area contributed by atoms with Gasteiger partial charge in [-0.3, -0.25) is 9.10 Å². The average molecular weight is 462 g/mol. The van der Waals surface area contributed by atoms with Gasteiger partial charge in [-0.25, -0.2) is 8.42 Å². The van der Waals surface area contributed by atoms with Gasteiger partial charge in [0.2, 0.25) is 10.0 Å². The molecule has 1 atom stereocenters. The molecule has 1 heterocycles. The lowest BCUT2D eigenvalue weighted by Crippen LogP contribution is -2.52. The Morgan fingerprint density at radius 3 is 2.25 bits per heavy atom. The number of hydrogen-bond acceptors (Lipinski definition) is 6. The van der Waals surface area contributed by atoms with Gasteiger partial charge in [0.05, 0.1) is 24.7 Å². The summed E-state index contributed by atoms with van der Waals surface area (Å²) in [6.07, 6.45) is 1.10. The smallest absolute Gasteiger partial charge is 0.263 e. The van der Waals surface area contributed by atoms with Crippen molar-refractivity contribution in [1.82, 2.24) is 4.90 Å². The molecule has 0 bridgehead atoms. The lowest BCUT2D eigenvalue weighted by molar-refractivity contribution is -0.139. The van der Waals surface area contributed by atoms with Crippen molar-refractivity contribution < 1.29 is 22.7 Å². The summed E-state index contributed by atoms with van der Waals surface area (Å²) in [6, 6.07) is 14.6. The largest absolute Gasteiger partial charge is 0.495 e. The SMILES string of the molecule is CCC(Oc1ccc(N(C)S(C)(=O)=O)cc1)C(=O)N1CCN(c2ccccc2OC)CC1. The van der Waals surface area contributed by atoms with Gasteiger partial charge in [0.15, 0.2) is 6.10 Å². The van der Waals surface area contributed by atoms with Crippen LogP contribution in [0.1, 0.15) is 13.3 Å². The third-order valence-electron chi connectivity index (χ3n) is 5.64. The van der Waals surface area contributed by atoms with E-state index in [0.717, 1.165) is 30.8 Å². The van der Waals surface area contributed by atoms with Crippen LogP contribution in [0, 0.1) is 0 Å². The van der Waals surface area contributed by atoms with E-state index < -0.39 is 16.1 Å². The molecular weight excluding hydrogens is 430 g/mol. The Bertz CT molecular complexity index is 1020. The van der Waals surface area contributed by atoms with Crippen LogP contribution in [-0.4, -0.2) is 71.9 Å². The summed E-state index contributed by atoms with van der Waals surface area (Å²) in [6.45, 7) is 4.56. The predicted octanol–water partition coefficient (Wildman–Crippen LogP) is 2.60. The minimum absolute atomic E-state index is 0.0375. The third kappa shape index (κ3) is 5.45. The Morgan fingerprint density at radius 2 is 1.69 bits per heavy atom. The first-order valence-corrected chi connectivity index (χ1v) is 12.5. The highest BCUT2D eigenvalue weighted by Gasteiger charge is 2.28. The maximum absolute atomic E-state index is 13.1. The number of benzene rings is 2. The van der Waals surface area contributed by atoms with Crippen LogP contribution in [-0.2, 0) is 14.8 Å². The van der Waals surface area contributed by atoms with Crippen LogP contribution in [0.3, 0.4) is 0 Å². The maximum Gasteiger partial charge on any atom is 0.263 e. The first-order valence-electron chi connectivity index (χ1n) is 10.6. The molecule has 1 aliphatic rings. The number of rotatable bonds is 8. The predicted molar refractivity (Wildman–Crippen MR) is 126 cm³/mol. The summed E-state index contributed by atoms with van der Waals surface area (Å²) in [7, 11) is -0.179. The standard InChI is InChI=1S/C23H31N3O5S/c1-5-21(31-19-12-10-18(11-13-19)24(2)32(4,28)29)23(27)26-16-14-25(15-17-26)20-8-6-7-9-22(20)30-3/h6-13,21H,5,14-17H2,1-4H3. The summed E-state index contributed by atoms with van der Waals surface area (Å²) in [5.74, 6) is 1.32. The fourth-order valence-corrected chi connectivity index (χ4v) is 4.17. The van der Waals surface area contributed by atoms with Crippen LogP contribution in [0.15, 0.2) is 48.5 Å². The van der Waals surface area contributed by atoms with Crippen molar-refractivity contribution in [2.45, 2.75) is 19.4 Å². The van der Waals surface area contributed by atoms with Crippen LogP contribution in [0.2, 0.25) is 0 Å². The van der Waals surface area contributed by atoms with Gasteiger partial charge in [-0.15, -0.1) is 0 Å². The second kappa shape index (κ2) is 10.1. The van der Waals surface area contributed by atoms with Gasteiger partial charge in [0, 0.05) is 33.2 Å². The molecule has 32 heavy (non-hydrogen) atoms. The second-order valence-corrected chi connectivity index (χ2v) is 9.74. The molecule has 1 aliphatic heterocycles. The lowest BCUT2D eigenvalue weighted by Gasteiger charge is -2.37. The molecule has 2 aromatic carbocycles. The van der Waals surface area contributed by atoms with Crippen LogP contribution >= 0.6 is 0 Å². The summed E-state index contributed by atoms with van der Waals surface area (Å²) < 4.78 is 36.0. The van der Waals surface area contributed by atoms with Crippen molar-refractivity contribution in [3.63, 3.8) is 0 Å². The van der Waals surface area contributed by atoms with Gasteiger partial charge >= 0.3 is 0 Å². The molecule has 0 spiro atoms. The summed E-state index contributed by atoms with van der Waals surface area (Å²) >= 11 is 0. The number of carbonyl (C=O) groups is 1. The van der Waals surface area contributed by atoms with E-state index in [4.69, 9.17) is 9.47 Å². The van der Waals surface area contributed by atoms with E-state index in [1.54, 1.807) is 31.4 Å². The van der Waals surface area contributed by atoms with E-state index >= 15 is 0 Å².